The van der Waals surface area contributed by atoms with Crippen molar-refractivity contribution in [1.29, 1.82) is 0 Å². The smallest absolute Gasteiger partial charge is 0.193 e. The molecule has 114 valence electrons. The van der Waals surface area contributed by atoms with E-state index in [4.69, 9.17) is 0 Å². The van der Waals surface area contributed by atoms with Crippen LogP contribution in [0.4, 0.5) is 0 Å². The van der Waals surface area contributed by atoms with Crippen LogP contribution in [0.1, 0.15) is 27.9 Å². The predicted octanol–water partition coefficient (Wildman–Crippen LogP) is 3.80. The first-order chi connectivity index (χ1) is 11.1. The van der Waals surface area contributed by atoms with E-state index in [-0.39, 0.29) is 23.7 Å². The molecule has 3 heteroatoms. The van der Waals surface area contributed by atoms with Gasteiger partial charge >= 0.3 is 0 Å². The molecule has 0 bridgehead atoms. The average molecular weight is 304 g/mol. The molecule has 1 N–H and O–H groups in total. The molecule has 0 spiro atoms. The van der Waals surface area contributed by atoms with Gasteiger partial charge in [0, 0.05) is 30.0 Å². The molecule has 0 aromatic heterocycles. The molecule has 23 heavy (non-hydrogen) atoms. The Morgan fingerprint density at radius 3 is 2.43 bits per heavy atom. The lowest BCUT2D eigenvalue weighted by atomic mass is 9.91. The highest BCUT2D eigenvalue weighted by Gasteiger charge is 2.17. The van der Waals surface area contributed by atoms with Crippen LogP contribution >= 0.6 is 0 Å². The van der Waals surface area contributed by atoms with Crippen molar-refractivity contribution < 1.29 is 14.7 Å². The van der Waals surface area contributed by atoms with Crippen LogP contribution < -0.4 is 0 Å². The van der Waals surface area contributed by atoms with E-state index >= 15 is 0 Å². The van der Waals surface area contributed by atoms with Crippen LogP contribution in [0.15, 0.2) is 78.1 Å². The first-order valence-corrected chi connectivity index (χ1v) is 7.45. The van der Waals surface area contributed by atoms with Gasteiger partial charge < -0.3 is 5.11 Å². The fourth-order valence-corrected chi connectivity index (χ4v) is 2.64. The number of benzene rings is 2. The second kappa shape index (κ2) is 6.44. The third-order valence-electron chi connectivity index (χ3n) is 3.86. The molecule has 0 saturated heterocycles. The van der Waals surface area contributed by atoms with E-state index in [9.17, 15) is 14.7 Å². The first-order valence-electron chi connectivity index (χ1n) is 7.45. The average Bonchev–Trinajstić information content (AvgIpc) is 2.58. The summed E-state index contributed by atoms with van der Waals surface area (Å²) in [5.74, 6) is -0.166. The summed E-state index contributed by atoms with van der Waals surface area (Å²) in [4.78, 5) is 24.0. The lowest BCUT2D eigenvalue weighted by Gasteiger charge is -2.13. The number of aliphatic hydroxyl groups is 1. The summed E-state index contributed by atoms with van der Waals surface area (Å²) >= 11 is 0. The number of hydrogen-bond acceptors (Lipinski definition) is 3. The third kappa shape index (κ3) is 3.29. The zero-order chi connectivity index (χ0) is 16.2. The number of aliphatic hydroxyl groups excluding tert-OH is 1. The molecule has 0 aliphatic heterocycles. The summed E-state index contributed by atoms with van der Waals surface area (Å²) in [5, 5.41) is 9.93. The molecular formula is C20H16O3. The van der Waals surface area contributed by atoms with Crippen molar-refractivity contribution in [3.8, 4) is 0 Å². The molecule has 2 aromatic rings. The van der Waals surface area contributed by atoms with E-state index in [0.717, 1.165) is 5.56 Å². The summed E-state index contributed by atoms with van der Waals surface area (Å²) in [7, 11) is 0. The van der Waals surface area contributed by atoms with E-state index in [1.54, 1.807) is 24.3 Å². The van der Waals surface area contributed by atoms with E-state index in [2.05, 4.69) is 0 Å². The molecule has 3 rings (SSSR count). The summed E-state index contributed by atoms with van der Waals surface area (Å²) in [6, 6.07) is 16.5. The van der Waals surface area contributed by atoms with Crippen LogP contribution in [0.25, 0.3) is 0 Å². The van der Waals surface area contributed by atoms with Crippen molar-refractivity contribution in [2.75, 3.05) is 0 Å². The highest BCUT2D eigenvalue weighted by atomic mass is 16.3. The van der Waals surface area contributed by atoms with Gasteiger partial charge in [-0.1, -0.05) is 60.7 Å². The number of carbonyl (C=O) groups is 2. The molecule has 0 atom stereocenters. The van der Waals surface area contributed by atoms with Gasteiger partial charge in [0.15, 0.2) is 11.6 Å². The normalized spacial score (nSPS) is 14.2. The van der Waals surface area contributed by atoms with Gasteiger partial charge in [-0.05, 0) is 11.1 Å². The monoisotopic (exact) mass is 304 g/mol. The SMILES string of the molecule is O=C1C=C(O)C(Cc2ccccc2C(=O)c2ccccc2)=CC1. The minimum atomic E-state index is -0.111. The molecule has 0 fully saturated rings. The van der Waals surface area contributed by atoms with Crippen LogP contribution in [-0.2, 0) is 11.2 Å². The molecular weight excluding hydrogens is 288 g/mol. The molecule has 0 amide bonds. The van der Waals surface area contributed by atoms with Gasteiger partial charge in [-0.2, -0.15) is 0 Å². The third-order valence-corrected chi connectivity index (χ3v) is 3.86. The first kappa shape index (κ1) is 15.0. The highest BCUT2D eigenvalue weighted by molar-refractivity contribution is 6.10. The van der Waals surface area contributed by atoms with E-state index < -0.39 is 0 Å². The van der Waals surface area contributed by atoms with Crippen LogP contribution in [-0.4, -0.2) is 16.7 Å². The molecule has 0 radical (unpaired) electrons. The number of ketones is 2. The van der Waals surface area contributed by atoms with Gasteiger partial charge in [-0.3, -0.25) is 9.59 Å². The Kier molecular flexibility index (Phi) is 4.20. The van der Waals surface area contributed by atoms with Crippen molar-refractivity contribution in [3.05, 3.63) is 94.8 Å². The number of rotatable bonds is 4. The highest BCUT2D eigenvalue weighted by Crippen LogP contribution is 2.23. The minimum Gasteiger partial charge on any atom is -0.508 e. The Morgan fingerprint density at radius 2 is 1.70 bits per heavy atom. The lowest BCUT2D eigenvalue weighted by Crippen LogP contribution is -2.09. The maximum Gasteiger partial charge on any atom is 0.193 e. The topological polar surface area (TPSA) is 54.4 Å². The minimum absolute atomic E-state index is 0.0109. The van der Waals surface area contributed by atoms with Crippen molar-refractivity contribution in [3.63, 3.8) is 0 Å². The van der Waals surface area contributed by atoms with Crippen molar-refractivity contribution >= 4 is 11.6 Å². The fourth-order valence-electron chi connectivity index (χ4n) is 2.64. The maximum absolute atomic E-state index is 12.7. The Balaban J connectivity index is 1.92. The van der Waals surface area contributed by atoms with Crippen LogP contribution in [0.2, 0.25) is 0 Å². The summed E-state index contributed by atoms with van der Waals surface area (Å²) < 4.78 is 0. The van der Waals surface area contributed by atoms with Gasteiger partial charge in [0.1, 0.15) is 5.76 Å². The van der Waals surface area contributed by atoms with Gasteiger partial charge in [0.05, 0.1) is 0 Å². The van der Waals surface area contributed by atoms with Gasteiger partial charge in [0.25, 0.3) is 0 Å². The Hall–Kier alpha value is -2.94. The van der Waals surface area contributed by atoms with E-state index in [1.165, 1.54) is 6.08 Å². The van der Waals surface area contributed by atoms with Crippen LogP contribution in [0.3, 0.4) is 0 Å². The Labute approximate surface area is 134 Å². The van der Waals surface area contributed by atoms with Crippen LogP contribution in [0, 0.1) is 0 Å². The quantitative estimate of drug-likeness (QED) is 0.874. The Morgan fingerprint density at radius 1 is 1.00 bits per heavy atom. The van der Waals surface area contributed by atoms with Gasteiger partial charge in [-0.25, -0.2) is 0 Å². The van der Waals surface area contributed by atoms with Gasteiger partial charge in [-0.15, -0.1) is 0 Å². The summed E-state index contributed by atoms with van der Waals surface area (Å²) in [6.07, 6.45) is 3.68. The fraction of sp³-hybridized carbons (Fsp3) is 0.100. The second-order valence-electron chi connectivity index (χ2n) is 5.46. The van der Waals surface area contributed by atoms with Crippen LogP contribution in [0.5, 0.6) is 0 Å². The zero-order valence-corrected chi connectivity index (χ0v) is 12.5. The predicted molar refractivity (Wildman–Crippen MR) is 88.4 cm³/mol. The molecule has 0 heterocycles. The van der Waals surface area contributed by atoms with Crippen molar-refractivity contribution in [2.45, 2.75) is 12.8 Å². The maximum atomic E-state index is 12.7. The van der Waals surface area contributed by atoms with E-state index in [1.807, 2.05) is 36.4 Å². The zero-order valence-electron chi connectivity index (χ0n) is 12.5. The molecule has 3 nitrogen and oxygen atoms in total. The van der Waals surface area contributed by atoms with E-state index in [0.29, 0.717) is 23.1 Å². The lowest BCUT2D eigenvalue weighted by molar-refractivity contribution is -0.114. The summed E-state index contributed by atoms with van der Waals surface area (Å²) in [5.41, 5.74) is 2.76. The number of allylic oxidation sites excluding steroid dienone is 3. The van der Waals surface area contributed by atoms with Crippen molar-refractivity contribution in [1.82, 2.24) is 0 Å². The molecule has 1 aliphatic carbocycles. The largest absolute Gasteiger partial charge is 0.508 e. The Bertz CT molecular complexity index is 814. The molecule has 0 unspecified atom stereocenters. The van der Waals surface area contributed by atoms with Gasteiger partial charge in [0.2, 0.25) is 0 Å². The molecule has 1 aliphatic rings. The number of hydrogen-bond donors (Lipinski definition) is 1. The molecule has 0 saturated carbocycles. The number of carbonyl (C=O) groups excluding carboxylic acids is 2. The molecule has 2 aromatic carbocycles. The second-order valence-corrected chi connectivity index (χ2v) is 5.46. The standard InChI is InChI=1S/C20H16O3/c21-17-11-10-16(19(22)13-17)12-15-8-4-5-9-18(15)20(23)14-6-2-1-3-7-14/h1-10,13,22H,11-12H2. The summed E-state index contributed by atoms with van der Waals surface area (Å²) in [6.45, 7) is 0. The van der Waals surface area contributed by atoms with Crippen molar-refractivity contribution in [2.24, 2.45) is 0 Å².